The number of nitrogens with two attached hydrogens (primary N) is 2. The fraction of sp³-hybridized carbons (Fsp3) is 0.286. The molecule has 2 aromatic carbocycles. The van der Waals surface area contributed by atoms with Crippen molar-refractivity contribution in [1.82, 2.24) is 4.72 Å². The van der Waals surface area contributed by atoms with E-state index in [1.165, 1.54) is 6.07 Å². The first kappa shape index (κ1) is 27.0. The number of benzene rings is 2. The van der Waals surface area contributed by atoms with E-state index in [1.54, 1.807) is 24.3 Å². The van der Waals surface area contributed by atoms with Crippen LogP contribution in [-0.2, 0) is 14.6 Å². The third-order valence-electron chi connectivity index (χ3n) is 4.85. The van der Waals surface area contributed by atoms with E-state index < -0.39 is 29.7 Å². The number of nitriles is 1. The van der Waals surface area contributed by atoms with Gasteiger partial charge in [-0.1, -0.05) is 6.07 Å². The predicted octanol–water partition coefficient (Wildman–Crippen LogP) is 3.24. The van der Waals surface area contributed by atoms with Crippen LogP contribution in [0.1, 0.15) is 24.8 Å². The van der Waals surface area contributed by atoms with Crippen LogP contribution in [0.5, 0.6) is 5.75 Å². The van der Waals surface area contributed by atoms with Crippen molar-refractivity contribution < 1.29 is 26.8 Å². The smallest absolute Gasteiger partial charge is 0.391 e. The van der Waals surface area contributed by atoms with Crippen LogP contribution >= 0.6 is 18.9 Å². The van der Waals surface area contributed by atoms with E-state index in [0.717, 1.165) is 54.5 Å². The first-order chi connectivity index (χ1) is 16.5. The number of halogens is 1. The molecule has 0 amide bonds. The molecule has 0 spiro atoms. The van der Waals surface area contributed by atoms with E-state index >= 15 is 0 Å². The van der Waals surface area contributed by atoms with Gasteiger partial charge in [-0.05, 0) is 61.5 Å². The average Bonchev–Trinajstić information content (AvgIpc) is 3.22. The van der Waals surface area contributed by atoms with Crippen molar-refractivity contribution in [3.63, 3.8) is 0 Å². The van der Waals surface area contributed by atoms with Gasteiger partial charge in [-0.25, -0.2) is 17.4 Å². The van der Waals surface area contributed by atoms with Crippen molar-refractivity contribution in [2.75, 3.05) is 18.1 Å². The summed E-state index contributed by atoms with van der Waals surface area (Å²) in [4.78, 5) is 10.0. The van der Waals surface area contributed by atoms with Crippen LogP contribution in [0.2, 0.25) is 0 Å². The molecule has 7 N–H and O–H groups in total. The molecule has 1 heterocycles. The quantitative estimate of drug-likeness (QED) is 0.131. The highest BCUT2D eigenvalue weighted by molar-refractivity contribution is 7.92. The Kier molecular flexibility index (Phi) is 8.84. The van der Waals surface area contributed by atoms with Gasteiger partial charge >= 0.3 is 7.60 Å². The SMILES string of the molecule is N#Cc1ccc(OP(=O)(O)CNS(=O)(=O)c2cc3ccc(N[C@@H](N)CCCCN)cc3s2)cc1F. The lowest BCUT2D eigenvalue weighted by Gasteiger charge is -2.15. The molecule has 10 nitrogen and oxygen atoms in total. The topological polar surface area (TPSA) is 181 Å². The van der Waals surface area contributed by atoms with Crippen LogP contribution in [-0.4, -0.2) is 32.3 Å². The number of rotatable bonds is 12. The zero-order valence-corrected chi connectivity index (χ0v) is 21.0. The zero-order valence-electron chi connectivity index (χ0n) is 18.5. The summed E-state index contributed by atoms with van der Waals surface area (Å²) in [5.74, 6) is -1.24. The highest BCUT2D eigenvalue weighted by Crippen LogP contribution is 2.42. The Morgan fingerprint density at radius 1 is 1.23 bits per heavy atom. The van der Waals surface area contributed by atoms with Crippen LogP contribution in [0.25, 0.3) is 10.1 Å². The summed E-state index contributed by atoms with van der Waals surface area (Å²) in [6, 6.07) is 11.4. The lowest BCUT2D eigenvalue weighted by molar-refractivity contribution is 0.377. The minimum Gasteiger partial charge on any atom is -0.424 e. The molecule has 35 heavy (non-hydrogen) atoms. The molecule has 14 heteroatoms. The number of hydrogen-bond acceptors (Lipinski definition) is 9. The van der Waals surface area contributed by atoms with Gasteiger partial charge in [-0.2, -0.15) is 9.98 Å². The Labute approximate surface area is 206 Å². The molecule has 3 aromatic rings. The number of thiophene rings is 1. The lowest BCUT2D eigenvalue weighted by atomic mass is 10.2. The number of nitrogens with one attached hydrogen (secondary N) is 2. The van der Waals surface area contributed by atoms with E-state index in [-0.39, 0.29) is 21.7 Å². The van der Waals surface area contributed by atoms with Crippen molar-refractivity contribution in [3.8, 4) is 11.8 Å². The zero-order chi connectivity index (χ0) is 25.6. The minimum absolute atomic E-state index is 0.0543. The summed E-state index contributed by atoms with van der Waals surface area (Å²) in [5.41, 5.74) is 12.0. The second kappa shape index (κ2) is 11.5. The molecular weight excluding hydrogens is 516 g/mol. The maximum Gasteiger partial charge on any atom is 0.391 e. The van der Waals surface area contributed by atoms with Crippen molar-refractivity contribution in [2.45, 2.75) is 29.6 Å². The fourth-order valence-corrected chi connectivity index (χ4v) is 7.08. The second-order valence-corrected chi connectivity index (χ2v) is 12.5. The molecule has 1 aromatic heterocycles. The Morgan fingerprint density at radius 2 is 2.00 bits per heavy atom. The van der Waals surface area contributed by atoms with Crippen molar-refractivity contribution in [2.24, 2.45) is 11.5 Å². The monoisotopic (exact) mass is 541 g/mol. The van der Waals surface area contributed by atoms with Gasteiger partial charge in [-0.15, -0.1) is 11.3 Å². The summed E-state index contributed by atoms with van der Waals surface area (Å²) < 4.78 is 59.0. The van der Waals surface area contributed by atoms with Crippen molar-refractivity contribution in [1.29, 1.82) is 5.26 Å². The Hall–Kier alpha value is -2.56. The van der Waals surface area contributed by atoms with Crippen LogP contribution in [0, 0.1) is 17.1 Å². The molecule has 0 aliphatic heterocycles. The van der Waals surface area contributed by atoms with Gasteiger partial charge < -0.3 is 26.2 Å². The van der Waals surface area contributed by atoms with Gasteiger partial charge in [0.25, 0.3) is 10.0 Å². The molecular formula is C21H25FN5O5PS2. The highest BCUT2D eigenvalue weighted by Gasteiger charge is 2.27. The number of nitrogens with zero attached hydrogens (tertiary/aromatic N) is 1. The summed E-state index contributed by atoms with van der Waals surface area (Å²) in [5, 5.41) is 12.6. The average molecular weight is 542 g/mol. The number of hydrogen-bond donors (Lipinski definition) is 5. The van der Waals surface area contributed by atoms with Crippen molar-refractivity contribution >= 4 is 44.7 Å². The van der Waals surface area contributed by atoms with Crippen LogP contribution < -0.4 is 26.0 Å². The summed E-state index contributed by atoms with van der Waals surface area (Å²) in [6.45, 7) is 0.602. The molecule has 0 aliphatic rings. The molecule has 0 bridgehead atoms. The first-order valence-corrected chi connectivity index (χ1v) is 14.6. The third-order valence-corrected chi connectivity index (χ3v) is 9.09. The Bertz CT molecular complexity index is 1390. The molecule has 3 rings (SSSR count). The Morgan fingerprint density at radius 3 is 2.69 bits per heavy atom. The number of anilines is 1. The molecule has 0 radical (unpaired) electrons. The van der Waals surface area contributed by atoms with Crippen LogP contribution in [0.3, 0.4) is 0 Å². The molecule has 2 atom stereocenters. The van der Waals surface area contributed by atoms with Gasteiger partial charge in [0.05, 0.1) is 11.7 Å². The molecule has 0 saturated carbocycles. The van der Waals surface area contributed by atoms with E-state index in [4.69, 9.17) is 21.3 Å². The van der Waals surface area contributed by atoms with E-state index in [9.17, 15) is 22.3 Å². The maximum absolute atomic E-state index is 13.7. The standard InChI is InChI=1S/C21H25FN5O5PS2/c22-18-11-17(7-5-15(18)12-24)32-33(28,29)13-26-35(30,31)21-9-14-4-6-16(10-19(14)34-21)27-20(25)3-1-2-8-23/h4-7,9-11,20,26-27H,1-3,8,13,23,25H2,(H,28,29)/t20-/m1/s1. The number of unbranched alkanes of at least 4 members (excludes halogenated alkanes) is 1. The Balaban J connectivity index is 1.66. The lowest BCUT2D eigenvalue weighted by Crippen LogP contribution is -2.29. The van der Waals surface area contributed by atoms with Gasteiger partial charge in [-0.3, -0.25) is 0 Å². The minimum atomic E-state index is -4.51. The largest absolute Gasteiger partial charge is 0.424 e. The molecule has 0 aliphatic carbocycles. The van der Waals surface area contributed by atoms with Crippen molar-refractivity contribution in [3.05, 3.63) is 53.8 Å². The fourth-order valence-electron chi connectivity index (χ4n) is 3.10. The normalized spacial score (nSPS) is 14.3. The summed E-state index contributed by atoms with van der Waals surface area (Å²) in [7, 11) is -8.65. The van der Waals surface area contributed by atoms with E-state index in [1.807, 2.05) is 0 Å². The third kappa shape index (κ3) is 7.46. The number of fused-ring (bicyclic) bond motifs is 1. The highest BCUT2D eigenvalue weighted by atomic mass is 32.2. The summed E-state index contributed by atoms with van der Waals surface area (Å²) in [6.07, 6.45) is 1.30. The maximum atomic E-state index is 13.7. The van der Waals surface area contributed by atoms with Gasteiger partial charge in [0.15, 0.2) is 0 Å². The van der Waals surface area contributed by atoms with E-state index in [2.05, 4.69) is 10.0 Å². The van der Waals surface area contributed by atoms with E-state index in [0.29, 0.717) is 16.6 Å². The van der Waals surface area contributed by atoms with Crippen LogP contribution in [0.15, 0.2) is 46.7 Å². The molecule has 188 valence electrons. The predicted molar refractivity (Wildman–Crippen MR) is 133 cm³/mol. The molecule has 1 unspecified atom stereocenters. The first-order valence-electron chi connectivity index (χ1n) is 10.5. The van der Waals surface area contributed by atoms with Crippen LogP contribution in [0.4, 0.5) is 10.1 Å². The van der Waals surface area contributed by atoms with Gasteiger partial charge in [0, 0.05) is 16.5 Å². The van der Waals surface area contributed by atoms with Gasteiger partial charge in [0.2, 0.25) is 0 Å². The summed E-state index contributed by atoms with van der Waals surface area (Å²) >= 11 is 0.987. The van der Waals surface area contributed by atoms with Gasteiger partial charge in [0.1, 0.15) is 28.1 Å². The second-order valence-electron chi connectivity index (χ2n) is 7.64. The number of sulfonamides is 1. The molecule has 0 saturated heterocycles. The molecule has 0 fully saturated rings.